The Kier molecular flexibility index (Phi) is 5.27. The number of nitrogens with zero attached hydrogens (tertiary/aromatic N) is 2. The zero-order valence-electron chi connectivity index (χ0n) is 16.9. The molecule has 154 valence electrons. The van der Waals surface area contributed by atoms with Crippen LogP contribution >= 0.6 is 0 Å². The molecule has 3 rings (SSSR count). The standard InChI is InChI=1S/C20H23N3O5S/c1-12(2)29(26,27)18-11-17-16(22(3)20(25)23(17)4)10-15(18)21-19(24)13-7-6-8-14(9-13)28-5/h6-12H,1-5H3,(H,21,24). The lowest BCUT2D eigenvalue weighted by atomic mass is 10.2. The van der Waals surface area contributed by atoms with Crippen molar-refractivity contribution in [3.63, 3.8) is 0 Å². The van der Waals surface area contributed by atoms with Crippen molar-refractivity contribution in [3.05, 3.63) is 52.4 Å². The molecule has 0 aliphatic carbocycles. The van der Waals surface area contributed by atoms with Gasteiger partial charge >= 0.3 is 5.69 Å². The molecule has 0 bridgehead atoms. The minimum atomic E-state index is -3.72. The van der Waals surface area contributed by atoms with Crippen LogP contribution in [0, 0.1) is 0 Å². The summed E-state index contributed by atoms with van der Waals surface area (Å²) in [5, 5.41) is 1.99. The average Bonchev–Trinajstić information content (AvgIpc) is 2.91. The van der Waals surface area contributed by atoms with E-state index in [1.807, 2.05) is 0 Å². The zero-order chi connectivity index (χ0) is 21.5. The summed E-state index contributed by atoms with van der Waals surface area (Å²) in [6, 6.07) is 9.49. The van der Waals surface area contributed by atoms with E-state index in [9.17, 15) is 18.0 Å². The predicted molar refractivity (Wildman–Crippen MR) is 111 cm³/mol. The van der Waals surface area contributed by atoms with Crippen molar-refractivity contribution in [1.29, 1.82) is 0 Å². The van der Waals surface area contributed by atoms with E-state index < -0.39 is 21.0 Å². The smallest absolute Gasteiger partial charge is 0.328 e. The second kappa shape index (κ2) is 7.40. The molecule has 0 saturated heterocycles. The van der Waals surface area contributed by atoms with Crippen LogP contribution in [0.2, 0.25) is 0 Å². The van der Waals surface area contributed by atoms with Crippen LogP contribution in [0.15, 0.2) is 46.1 Å². The van der Waals surface area contributed by atoms with E-state index in [0.29, 0.717) is 22.3 Å². The number of ether oxygens (including phenoxy) is 1. The Morgan fingerprint density at radius 3 is 2.28 bits per heavy atom. The van der Waals surface area contributed by atoms with Gasteiger partial charge in [0.05, 0.1) is 34.0 Å². The van der Waals surface area contributed by atoms with Crippen LogP contribution in [0.1, 0.15) is 24.2 Å². The maximum absolute atomic E-state index is 13.0. The summed E-state index contributed by atoms with van der Waals surface area (Å²) < 4.78 is 33.8. The maximum Gasteiger partial charge on any atom is 0.328 e. The number of benzene rings is 2. The number of methoxy groups -OCH3 is 1. The van der Waals surface area contributed by atoms with Gasteiger partial charge in [-0.05, 0) is 44.2 Å². The SMILES string of the molecule is COc1cccc(C(=O)Nc2cc3c(cc2S(=O)(=O)C(C)C)n(C)c(=O)n3C)c1. The molecule has 29 heavy (non-hydrogen) atoms. The van der Waals surface area contributed by atoms with Gasteiger partial charge in [-0.15, -0.1) is 0 Å². The molecule has 0 spiro atoms. The van der Waals surface area contributed by atoms with E-state index in [-0.39, 0.29) is 16.3 Å². The number of fused-ring (bicyclic) bond motifs is 1. The molecule has 0 atom stereocenters. The van der Waals surface area contributed by atoms with Crippen molar-refractivity contribution in [2.24, 2.45) is 14.1 Å². The molecule has 1 amide bonds. The van der Waals surface area contributed by atoms with Gasteiger partial charge < -0.3 is 10.1 Å². The van der Waals surface area contributed by atoms with Crippen molar-refractivity contribution >= 4 is 32.5 Å². The van der Waals surface area contributed by atoms with Gasteiger partial charge in [-0.25, -0.2) is 13.2 Å². The van der Waals surface area contributed by atoms with Gasteiger partial charge in [0.2, 0.25) is 0 Å². The molecular formula is C20H23N3O5S. The van der Waals surface area contributed by atoms with Crippen LogP contribution in [0.5, 0.6) is 5.75 Å². The summed E-state index contributed by atoms with van der Waals surface area (Å²) in [6.07, 6.45) is 0. The Bertz CT molecular complexity index is 1270. The van der Waals surface area contributed by atoms with Crippen molar-refractivity contribution in [2.45, 2.75) is 24.0 Å². The van der Waals surface area contributed by atoms with E-state index in [2.05, 4.69) is 5.32 Å². The fraction of sp³-hybridized carbons (Fsp3) is 0.300. The highest BCUT2D eigenvalue weighted by Crippen LogP contribution is 2.30. The molecule has 3 aromatic rings. The number of anilines is 1. The van der Waals surface area contributed by atoms with Crippen LogP contribution in [-0.2, 0) is 23.9 Å². The normalized spacial score (nSPS) is 11.8. The number of carbonyl (C=O) groups is 1. The second-order valence-corrected chi connectivity index (χ2v) is 9.49. The second-order valence-electron chi connectivity index (χ2n) is 7.02. The predicted octanol–water partition coefficient (Wildman–Crippen LogP) is 2.32. The Morgan fingerprint density at radius 1 is 1.07 bits per heavy atom. The molecule has 0 aliphatic heterocycles. The first-order valence-corrected chi connectivity index (χ1v) is 10.5. The van der Waals surface area contributed by atoms with E-state index in [1.54, 1.807) is 52.2 Å². The molecule has 0 fully saturated rings. The van der Waals surface area contributed by atoms with Gasteiger partial charge in [0.15, 0.2) is 9.84 Å². The summed E-state index contributed by atoms with van der Waals surface area (Å²) in [4.78, 5) is 25.0. The van der Waals surface area contributed by atoms with Crippen molar-refractivity contribution in [3.8, 4) is 5.75 Å². The average molecular weight is 417 g/mol. The molecule has 9 heteroatoms. The molecule has 0 unspecified atom stereocenters. The molecule has 2 aromatic carbocycles. The molecule has 1 heterocycles. The molecular weight excluding hydrogens is 394 g/mol. The number of rotatable bonds is 5. The minimum Gasteiger partial charge on any atom is -0.497 e. The van der Waals surface area contributed by atoms with Crippen molar-refractivity contribution in [2.75, 3.05) is 12.4 Å². The number of aromatic nitrogens is 2. The molecule has 8 nitrogen and oxygen atoms in total. The number of imidazole rings is 1. The summed E-state index contributed by atoms with van der Waals surface area (Å²) in [5.74, 6) is 0.0259. The highest BCUT2D eigenvalue weighted by atomic mass is 32.2. The van der Waals surface area contributed by atoms with Crippen molar-refractivity contribution < 1.29 is 17.9 Å². The van der Waals surface area contributed by atoms with Gasteiger partial charge in [-0.2, -0.15) is 0 Å². The summed E-state index contributed by atoms with van der Waals surface area (Å²) in [7, 11) is 0.937. The van der Waals surface area contributed by atoms with E-state index in [1.165, 1.54) is 28.4 Å². The van der Waals surface area contributed by atoms with Crippen LogP contribution in [-0.4, -0.2) is 35.8 Å². The fourth-order valence-electron chi connectivity index (χ4n) is 3.07. The lowest BCUT2D eigenvalue weighted by Crippen LogP contribution is -2.19. The first-order chi connectivity index (χ1) is 13.6. The lowest BCUT2D eigenvalue weighted by molar-refractivity contribution is 0.102. The zero-order valence-corrected chi connectivity index (χ0v) is 17.7. The van der Waals surface area contributed by atoms with E-state index in [4.69, 9.17) is 4.74 Å². The minimum absolute atomic E-state index is 0.0301. The number of amides is 1. The maximum atomic E-state index is 13.0. The largest absolute Gasteiger partial charge is 0.497 e. The van der Waals surface area contributed by atoms with Gasteiger partial charge in [0.25, 0.3) is 5.91 Å². The molecule has 1 N–H and O–H groups in total. The van der Waals surface area contributed by atoms with Gasteiger partial charge in [0, 0.05) is 19.7 Å². The summed E-state index contributed by atoms with van der Waals surface area (Å²) in [6.45, 7) is 3.13. The van der Waals surface area contributed by atoms with Gasteiger partial charge in [-0.3, -0.25) is 13.9 Å². The first kappa shape index (κ1) is 20.7. The third-order valence-corrected chi connectivity index (χ3v) is 7.07. The van der Waals surface area contributed by atoms with Crippen LogP contribution in [0.4, 0.5) is 5.69 Å². The first-order valence-electron chi connectivity index (χ1n) is 8.96. The monoisotopic (exact) mass is 417 g/mol. The molecule has 0 saturated carbocycles. The van der Waals surface area contributed by atoms with E-state index >= 15 is 0 Å². The Labute approximate surface area is 168 Å². The van der Waals surface area contributed by atoms with Gasteiger partial charge in [0.1, 0.15) is 5.75 Å². The Hall–Kier alpha value is -3.07. The van der Waals surface area contributed by atoms with Crippen LogP contribution in [0.25, 0.3) is 11.0 Å². The molecule has 0 radical (unpaired) electrons. The number of hydrogen-bond acceptors (Lipinski definition) is 5. The quantitative estimate of drug-likeness (QED) is 0.687. The van der Waals surface area contributed by atoms with Gasteiger partial charge in [-0.1, -0.05) is 6.07 Å². The summed E-state index contributed by atoms with van der Waals surface area (Å²) >= 11 is 0. The fourth-order valence-corrected chi connectivity index (χ4v) is 4.27. The highest BCUT2D eigenvalue weighted by Gasteiger charge is 2.26. The number of sulfone groups is 1. The highest BCUT2D eigenvalue weighted by molar-refractivity contribution is 7.92. The number of nitrogens with one attached hydrogen (secondary N) is 1. The number of hydrogen-bond donors (Lipinski definition) is 1. The lowest BCUT2D eigenvalue weighted by Gasteiger charge is -2.15. The third-order valence-electron chi connectivity index (χ3n) is 4.88. The van der Waals surface area contributed by atoms with Crippen LogP contribution < -0.4 is 15.7 Å². The van der Waals surface area contributed by atoms with Crippen molar-refractivity contribution in [1.82, 2.24) is 9.13 Å². The summed E-state index contributed by atoms with van der Waals surface area (Å²) in [5.41, 5.74) is 1.14. The Morgan fingerprint density at radius 2 is 1.69 bits per heavy atom. The molecule has 1 aromatic heterocycles. The van der Waals surface area contributed by atoms with Crippen LogP contribution in [0.3, 0.4) is 0 Å². The Balaban J connectivity index is 2.20. The topological polar surface area (TPSA) is 99.4 Å². The number of carbonyl (C=O) groups excluding carboxylic acids is 1. The number of aryl methyl sites for hydroxylation is 2. The molecule has 0 aliphatic rings. The van der Waals surface area contributed by atoms with E-state index in [0.717, 1.165) is 0 Å². The third kappa shape index (κ3) is 3.53.